The Hall–Kier alpha value is -2.01. The van der Waals surface area contributed by atoms with Crippen LogP contribution in [-0.2, 0) is 6.54 Å². The lowest BCUT2D eigenvalue weighted by Crippen LogP contribution is -2.09. The molecule has 0 fully saturated rings. The standard InChI is InChI=1S/C14H16N2O3/c1-9-10(2)16(7-15-9)6-12(17)11-3-4-13-14(5-11)19-8-18-13/h3-5,7,12,17H,6,8H2,1-2H3. The minimum Gasteiger partial charge on any atom is -0.454 e. The van der Waals surface area contributed by atoms with E-state index in [-0.39, 0.29) is 6.79 Å². The van der Waals surface area contributed by atoms with Crippen molar-refractivity contribution >= 4 is 0 Å². The lowest BCUT2D eigenvalue weighted by molar-refractivity contribution is 0.154. The maximum Gasteiger partial charge on any atom is 0.231 e. The molecule has 0 bridgehead atoms. The molecule has 19 heavy (non-hydrogen) atoms. The average Bonchev–Trinajstić information content (AvgIpc) is 2.99. The summed E-state index contributed by atoms with van der Waals surface area (Å²) in [4.78, 5) is 4.23. The van der Waals surface area contributed by atoms with Gasteiger partial charge in [-0.15, -0.1) is 0 Å². The molecule has 0 saturated heterocycles. The Morgan fingerprint density at radius 1 is 1.32 bits per heavy atom. The van der Waals surface area contributed by atoms with Gasteiger partial charge in [-0.2, -0.15) is 0 Å². The van der Waals surface area contributed by atoms with Gasteiger partial charge >= 0.3 is 0 Å². The van der Waals surface area contributed by atoms with Gasteiger partial charge in [0.25, 0.3) is 0 Å². The van der Waals surface area contributed by atoms with Crippen molar-refractivity contribution in [3.05, 3.63) is 41.5 Å². The first-order valence-corrected chi connectivity index (χ1v) is 6.21. The molecule has 1 aromatic carbocycles. The van der Waals surface area contributed by atoms with Crippen molar-refractivity contribution in [3.63, 3.8) is 0 Å². The SMILES string of the molecule is Cc1ncn(CC(O)c2ccc3c(c2)OCO3)c1C. The highest BCUT2D eigenvalue weighted by molar-refractivity contribution is 5.45. The summed E-state index contributed by atoms with van der Waals surface area (Å²) in [5.74, 6) is 1.42. The van der Waals surface area contributed by atoms with Crippen LogP contribution >= 0.6 is 0 Å². The molecular weight excluding hydrogens is 244 g/mol. The van der Waals surface area contributed by atoms with E-state index in [9.17, 15) is 5.11 Å². The molecule has 100 valence electrons. The molecule has 0 radical (unpaired) electrons. The molecule has 0 spiro atoms. The van der Waals surface area contributed by atoms with Crippen LogP contribution in [0.25, 0.3) is 0 Å². The molecule has 5 heteroatoms. The van der Waals surface area contributed by atoms with Crippen LogP contribution in [0.5, 0.6) is 11.5 Å². The summed E-state index contributed by atoms with van der Waals surface area (Å²) in [6.45, 7) is 4.68. The van der Waals surface area contributed by atoms with E-state index in [2.05, 4.69) is 4.98 Å². The van der Waals surface area contributed by atoms with Crippen molar-refractivity contribution in [2.24, 2.45) is 0 Å². The van der Waals surface area contributed by atoms with E-state index in [1.54, 1.807) is 6.33 Å². The van der Waals surface area contributed by atoms with E-state index in [0.717, 1.165) is 22.7 Å². The van der Waals surface area contributed by atoms with Crippen LogP contribution in [0.3, 0.4) is 0 Å². The quantitative estimate of drug-likeness (QED) is 0.916. The van der Waals surface area contributed by atoms with Crippen molar-refractivity contribution in [3.8, 4) is 11.5 Å². The molecule has 0 aliphatic carbocycles. The number of benzene rings is 1. The fraction of sp³-hybridized carbons (Fsp3) is 0.357. The average molecular weight is 260 g/mol. The van der Waals surface area contributed by atoms with Gasteiger partial charge < -0.3 is 19.1 Å². The number of aliphatic hydroxyl groups is 1. The minimum atomic E-state index is -0.596. The van der Waals surface area contributed by atoms with Crippen molar-refractivity contribution in [2.45, 2.75) is 26.5 Å². The largest absolute Gasteiger partial charge is 0.454 e. The second kappa shape index (κ2) is 4.59. The van der Waals surface area contributed by atoms with Gasteiger partial charge in [-0.3, -0.25) is 0 Å². The molecule has 1 aromatic heterocycles. The third-order valence-electron chi connectivity index (χ3n) is 3.50. The van der Waals surface area contributed by atoms with Crippen LogP contribution in [0.2, 0.25) is 0 Å². The number of nitrogens with zero attached hydrogens (tertiary/aromatic N) is 2. The zero-order valence-electron chi connectivity index (χ0n) is 11.0. The zero-order valence-corrected chi connectivity index (χ0v) is 11.0. The lowest BCUT2D eigenvalue weighted by Gasteiger charge is -2.13. The van der Waals surface area contributed by atoms with Crippen LogP contribution in [0, 0.1) is 13.8 Å². The van der Waals surface area contributed by atoms with Crippen molar-refractivity contribution in [1.82, 2.24) is 9.55 Å². The van der Waals surface area contributed by atoms with Crippen molar-refractivity contribution in [2.75, 3.05) is 6.79 Å². The molecule has 1 aliphatic rings. The molecule has 2 aromatic rings. The van der Waals surface area contributed by atoms with E-state index >= 15 is 0 Å². The van der Waals surface area contributed by atoms with E-state index in [1.807, 2.05) is 36.6 Å². The third-order valence-corrected chi connectivity index (χ3v) is 3.50. The molecule has 5 nitrogen and oxygen atoms in total. The minimum absolute atomic E-state index is 0.245. The summed E-state index contributed by atoms with van der Waals surface area (Å²) >= 11 is 0. The summed E-state index contributed by atoms with van der Waals surface area (Å²) in [5.41, 5.74) is 2.87. The van der Waals surface area contributed by atoms with Crippen LogP contribution in [0.4, 0.5) is 0 Å². The molecule has 1 atom stereocenters. The predicted octanol–water partition coefficient (Wildman–Crippen LogP) is 1.96. The smallest absolute Gasteiger partial charge is 0.231 e. The number of hydrogen-bond donors (Lipinski definition) is 1. The fourth-order valence-electron chi connectivity index (χ4n) is 2.14. The Bertz CT molecular complexity index is 607. The number of aryl methyl sites for hydroxylation is 1. The number of hydrogen-bond acceptors (Lipinski definition) is 4. The number of fused-ring (bicyclic) bond motifs is 1. The molecular formula is C14H16N2O3. The Morgan fingerprint density at radius 2 is 2.11 bits per heavy atom. The van der Waals surface area contributed by atoms with Gasteiger partial charge in [0, 0.05) is 5.69 Å². The first-order chi connectivity index (χ1) is 9.15. The molecule has 1 N–H and O–H groups in total. The Morgan fingerprint density at radius 3 is 2.84 bits per heavy atom. The van der Waals surface area contributed by atoms with Crippen molar-refractivity contribution < 1.29 is 14.6 Å². The summed E-state index contributed by atoms with van der Waals surface area (Å²) in [5, 5.41) is 10.3. The van der Waals surface area contributed by atoms with E-state index in [1.165, 1.54) is 0 Å². The summed E-state index contributed by atoms with van der Waals surface area (Å²) in [7, 11) is 0. The van der Waals surface area contributed by atoms with E-state index in [4.69, 9.17) is 9.47 Å². The van der Waals surface area contributed by atoms with Gasteiger partial charge in [0.2, 0.25) is 6.79 Å². The van der Waals surface area contributed by atoms with Gasteiger partial charge in [0.05, 0.1) is 24.7 Å². The summed E-state index contributed by atoms with van der Waals surface area (Å²) in [6, 6.07) is 5.51. The summed E-state index contributed by atoms with van der Waals surface area (Å²) < 4.78 is 12.5. The predicted molar refractivity (Wildman–Crippen MR) is 69.2 cm³/mol. The second-order valence-electron chi connectivity index (χ2n) is 4.70. The molecule has 3 rings (SSSR count). The monoisotopic (exact) mass is 260 g/mol. The van der Waals surface area contributed by atoms with E-state index < -0.39 is 6.10 Å². The lowest BCUT2D eigenvalue weighted by atomic mass is 10.1. The molecule has 0 saturated carbocycles. The van der Waals surface area contributed by atoms with Gasteiger partial charge in [0.15, 0.2) is 11.5 Å². The first-order valence-electron chi connectivity index (χ1n) is 6.21. The van der Waals surface area contributed by atoms with Crippen molar-refractivity contribution in [1.29, 1.82) is 0 Å². The number of aliphatic hydroxyl groups excluding tert-OH is 1. The highest BCUT2D eigenvalue weighted by Gasteiger charge is 2.17. The second-order valence-corrected chi connectivity index (χ2v) is 4.70. The third kappa shape index (κ3) is 2.17. The van der Waals surface area contributed by atoms with Gasteiger partial charge in [-0.1, -0.05) is 6.07 Å². The van der Waals surface area contributed by atoms with E-state index in [0.29, 0.717) is 12.3 Å². The molecule has 0 amide bonds. The van der Waals surface area contributed by atoms with Crippen LogP contribution in [0.15, 0.2) is 24.5 Å². The topological polar surface area (TPSA) is 56.5 Å². The van der Waals surface area contributed by atoms with Crippen LogP contribution in [-0.4, -0.2) is 21.5 Å². The summed E-state index contributed by atoms with van der Waals surface area (Å²) in [6.07, 6.45) is 1.16. The molecule has 1 unspecified atom stereocenters. The Balaban J connectivity index is 1.80. The highest BCUT2D eigenvalue weighted by Crippen LogP contribution is 2.34. The fourth-order valence-corrected chi connectivity index (χ4v) is 2.14. The maximum absolute atomic E-state index is 10.3. The van der Waals surface area contributed by atoms with Gasteiger partial charge in [-0.05, 0) is 31.5 Å². The maximum atomic E-state index is 10.3. The molecule has 2 heterocycles. The number of aromatic nitrogens is 2. The normalized spacial score (nSPS) is 14.7. The highest BCUT2D eigenvalue weighted by atomic mass is 16.7. The van der Waals surface area contributed by atoms with Gasteiger partial charge in [-0.25, -0.2) is 4.98 Å². The Kier molecular flexibility index (Phi) is 2.91. The van der Waals surface area contributed by atoms with Crippen LogP contribution < -0.4 is 9.47 Å². The number of rotatable bonds is 3. The first kappa shape index (κ1) is 12.0. The Labute approximate surface area is 111 Å². The number of imidazole rings is 1. The van der Waals surface area contributed by atoms with Crippen LogP contribution in [0.1, 0.15) is 23.1 Å². The number of ether oxygens (including phenoxy) is 2. The van der Waals surface area contributed by atoms with Gasteiger partial charge in [0.1, 0.15) is 0 Å². The molecule has 1 aliphatic heterocycles. The zero-order chi connectivity index (χ0) is 13.4.